The second kappa shape index (κ2) is 7.58. The lowest BCUT2D eigenvalue weighted by Gasteiger charge is -2.10. The maximum atomic E-state index is 9.08. The molecule has 9 heteroatoms. The minimum absolute atomic E-state index is 0.0981. The van der Waals surface area contributed by atoms with Gasteiger partial charge in [0.25, 0.3) is 5.78 Å². The molecule has 0 saturated heterocycles. The molecule has 0 unspecified atom stereocenters. The molecule has 0 aliphatic heterocycles. The standard InChI is InChI=1S/C16H24N8O/c1-11-8-15(24-16(21-11)19-10-20-24)18-5-4-17-9-14-12(2)22-23(6-7-25)13(14)3/h8,10,17-18,25H,4-7,9H2,1-3H3. The van der Waals surface area contributed by atoms with Crippen molar-refractivity contribution >= 4 is 11.6 Å². The maximum absolute atomic E-state index is 9.08. The van der Waals surface area contributed by atoms with Gasteiger partial charge in [0, 0.05) is 42.7 Å². The van der Waals surface area contributed by atoms with Crippen LogP contribution in [-0.2, 0) is 13.1 Å². The van der Waals surface area contributed by atoms with Crippen LogP contribution in [0.4, 0.5) is 5.82 Å². The molecular weight excluding hydrogens is 320 g/mol. The van der Waals surface area contributed by atoms with Crippen LogP contribution in [0, 0.1) is 20.8 Å². The number of rotatable bonds is 8. The highest BCUT2D eigenvalue weighted by Gasteiger charge is 2.10. The van der Waals surface area contributed by atoms with Gasteiger partial charge in [0.05, 0.1) is 18.8 Å². The van der Waals surface area contributed by atoms with E-state index in [0.717, 1.165) is 42.5 Å². The van der Waals surface area contributed by atoms with Crippen molar-refractivity contribution in [2.75, 3.05) is 25.0 Å². The fourth-order valence-electron chi connectivity index (χ4n) is 2.85. The van der Waals surface area contributed by atoms with E-state index in [1.807, 2.05) is 31.5 Å². The van der Waals surface area contributed by atoms with Gasteiger partial charge < -0.3 is 15.7 Å². The number of fused-ring (bicyclic) bond motifs is 1. The highest BCUT2D eigenvalue weighted by atomic mass is 16.3. The summed E-state index contributed by atoms with van der Waals surface area (Å²) in [5, 5.41) is 24.5. The third-order valence-corrected chi connectivity index (χ3v) is 4.13. The van der Waals surface area contributed by atoms with E-state index < -0.39 is 0 Å². The molecule has 0 spiro atoms. The minimum atomic E-state index is 0.0981. The second-order valence-corrected chi connectivity index (χ2v) is 5.95. The summed E-state index contributed by atoms with van der Waals surface area (Å²) in [7, 11) is 0. The second-order valence-electron chi connectivity index (χ2n) is 5.95. The quantitative estimate of drug-likeness (QED) is 0.509. The van der Waals surface area contributed by atoms with Gasteiger partial charge in [-0.3, -0.25) is 4.68 Å². The van der Waals surface area contributed by atoms with Gasteiger partial charge in [-0.15, -0.1) is 0 Å². The average Bonchev–Trinajstić information content (AvgIpc) is 3.14. The lowest BCUT2D eigenvalue weighted by atomic mass is 10.2. The highest BCUT2D eigenvalue weighted by Crippen LogP contribution is 2.12. The van der Waals surface area contributed by atoms with Crippen molar-refractivity contribution in [2.45, 2.75) is 33.9 Å². The normalized spacial score (nSPS) is 11.4. The first kappa shape index (κ1) is 17.3. The summed E-state index contributed by atoms with van der Waals surface area (Å²) in [4.78, 5) is 8.44. The van der Waals surface area contributed by atoms with E-state index in [9.17, 15) is 0 Å². The maximum Gasteiger partial charge on any atom is 0.254 e. The number of aromatic nitrogens is 6. The zero-order chi connectivity index (χ0) is 17.8. The van der Waals surface area contributed by atoms with Crippen molar-refractivity contribution in [3.63, 3.8) is 0 Å². The molecule has 3 heterocycles. The zero-order valence-electron chi connectivity index (χ0n) is 14.8. The molecule has 3 aromatic rings. The van der Waals surface area contributed by atoms with Crippen molar-refractivity contribution in [2.24, 2.45) is 0 Å². The summed E-state index contributed by atoms with van der Waals surface area (Å²) in [6, 6.07) is 1.95. The molecule has 0 aliphatic rings. The Labute approximate surface area is 146 Å². The summed E-state index contributed by atoms with van der Waals surface area (Å²) in [5.41, 5.74) is 4.19. The Morgan fingerprint density at radius 1 is 1.20 bits per heavy atom. The molecule has 134 valence electrons. The first-order chi connectivity index (χ1) is 12.1. The van der Waals surface area contributed by atoms with Gasteiger partial charge in [0.1, 0.15) is 12.1 Å². The summed E-state index contributed by atoms with van der Waals surface area (Å²) in [6.45, 7) is 8.89. The number of nitrogens with one attached hydrogen (secondary N) is 2. The highest BCUT2D eigenvalue weighted by molar-refractivity contribution is 5.44. The number of hydrogen-bond acceptors (Lipinski definition) is 7. The largest absolute Gasteiger partial charge is 0.394 e. The Hall–Kier alpha value is -2.52. The molecule has 0 atom stereocenters. The number of anilines is 1. The molecule has 0 saturated carbocycles. The topological polar surface area (TPSA) is 105 Å². The third kappa shape index (κ3) is 3.77. The van der Waals surface area contributed by atoms with Crippen molar-refractivity contribution in [1.29, 1.82) is 0 Å². The van der Waals surface area contributed by atoms with Gasteiger partial charge in [-0.1, -0.05) is 0 Å². The van der Waals surface area contributed by atoms with E-state index in [2.05, 4.69) is 30.8 Å². The molecule has 25 heavy (non-hydrogen) atoms. The smallest absolute Gasteiger partial charge is 0.254 e. The van der Waals surface area contributed by atoms with Gasteiger partial charge in [0.15, 0.2) is 0 Å². The van der Waals surface area contributed by atoms with Crippen LogP contribution in [0.25, 0.3) is 5.78 Å². The van der Waals surface area contributed by atoms with Gasteiger partial charge in [-0.25, -0.2) is 4.98 Å². The van der Waals surface area contributed by atoms with Crippen LogP contribution in [0.5, 0.6) is 0 Å². The predicted molar refractivity (Wildman–Crippen MR) is 94.5 cm³/mol. The van der Waals surface area contributed by atoms with Gasteiger partial charge in [0.2, 0.25) is 0 Å². The van der Waals surface area contributed by atoms with E-state index >= 15 is 0 Å². The van der Waals surface area contributed by atoms with Crippen molar-refractivity contribution in [3.05, 3.63) is 35.0 Å². The zero-order valence-corrected chi connectivity index (χ0v) is 14.8. The van der Waals surface area contributed by atoms with Crippen LogP contribution in [0.2, 0.25) is 0 Å². The summed E-state index contributed by atoms with van der Waals surface area (Å²) in [6.07, 6.45) is 1.50. The number of aliphatic hydroxyl groups is 1. The lowest BCUT2D eigenvalue weighted by Crippen LogP contribution is -2.23. The average molecular weight is 344 g/mol. The first-order valence-corrected chi connectivity index (χ1v) is 8.36. The molecule has 3 N–H and O–H groups in total. The molecule has 0 bridgehead atoms. The molecule has 3 aromatic heterocycles. The van der Waals surface area contributed by atoms with E-state index in [-0.39, 0.29) is 6.61 Å². The van der Waals surface area contributed by atoms with E-state index in [1.165, 1.54) is 11.9 Å². The minimum Gasteiger partial charge on any atom is -0.394 e. The molecular formula is C16H24N8O. The first-order valence-electron chi connectivity index (χ1n) is 8.36. The Balaban J connectivity index is 1.53. The molecule has 9 nitrogen and oxygen atoms in total. The van der Waals surface area contributed by atoms with Crippen LogP contribution in [0.3, 0.4) is 0 Å². The number of aryl methyl sites for hydroxylation is 2. The van der Waals surface area contributed by atoms with E-state index in [1.54, 1.807) is 4.52 Å². The van der Waals surface area contributed by atoms with Gasteiger partial charge >= 0.3 is 0 Å². The predicted octanol–water partition coefficient (Wildman–Crippen LogP) is 0.440. The van der Waals surface area contributed by atoms with Crippen molar-refractivity contribution in [3.8, 4) is 0 Å². The fourth-order valence-corrected chi connectivity index (χ4v) is 2.85. The Morgan fingerprint density at radius 3 is 2.84 bits per heavy atom. The molecule has 0 fully saturated rings. The summed E-state index contributed by atoms with van der Waals surface area (Å²) >= 11 is 0. The van der Waals surface area contributed by atoms with Crippen LogP contribution in [0.15, 0.2) is 12.4 Å². The van der Waals surface area contributed by atoms with Crippen molar-refractivity contribution in [1.82, 2.24) is 34.7 Å². The Morgan fingerprint density at radius 2 is 2.04 bits per heavy atom. The summed E-state index contributed by atoms with van der Waals surface area (Å²) < 4.78 is 3.55. The SMILES string of the molecule is Cc1cc(NCCNCc2c(C)nn(CCO)c2C)n2ncnc2n1. The molecule has 0 radical (unpaired) electrons. The lowest BCUT2D eigenvalue weighted by molar-refractivity contribution is 0.267. The molecule has 0 amide bonds. The van der Waals surface area contributed by atoms with E-state index in [4.69, 9.17) is 5.11 Å². The van der Waals surface area contributed by atoms with Crippen LogP contribution >= 0.6 is 0 Å². The van der Waals surface area contributed by atoms with Gasteiger partial charge in [-0.05, 0) is 20.8 Å². The molecule has 0 aromatic carbocycles. The Bertz CT molecular complexity index is 853. The number of aliphatic hydroxyl groups excluding tert-OH is 1. The van der Waals surface area contributed by atoms with Crippen LogP contribution < -0.4 is 10.6 Å². The molecule has 3 rings (SSSR count). The van der Waals surface area contributed by atoms with Gasteiger partial charge in [-0.2, -0.15) is 19.7 Å². The summed E-state index contributed by atoms with van der Waals surface area (Å²) in [5.74, 6) is 1.47. The monoisotopic (exact) mass is 344 g/mol. The van der Waals surface area contributed by atoms with Crippen LogP contribution in [0.1, 0.15) is 22.6 Å². The third-order valence-electron chi connectivity index (χ3n) is 4.13. The fraction of sp³-hybridized carbons (Fsp3) is 0.500. The Kier molecular flexibility index (Phi) is 5.25. The van der Waals surface area contributed by atoms with Crippen molar-refractivity contribution < 1.29 is 5.11 Å². The number of hydrogen-bond donors (Lipinski definition) is 3. The van der Waals surface area contributed by atoms with E-state index in [0.29, 0.717) is 12.3 Å². The number of nitrogens with zero attached hydrogens (tertiary/aromatic N) is 6. The molecule has 0 aliphatic carbocycles. The van der Waals surface area contributed by atoms with Crippen LogP contribution in [-0.4, -0.2) is 54.2 Å².